The van der Waals surface area contributed by atoms with Crippen LogP contribution in [0.5, 0.6) is 0 Å². The van der Waals surface area contributed by atoms with Gasteiger partial charge in [-0.2, -0.15) is 5.10 Å². The van der Waals surface area contributed by atoms with Crippen molar-refractivity contribution in [2.45, 2.75) is 45.3 Å². The van der Waals surface area contributed by atoms with Crippen molar-refractivity contribution in [1.29, 1.82) is 0 Å². The van der Waals surface area contributed by atoms with Gasteiger partial charge in [0.25, 0.3) is 0 Å². The minimum atomic E-state index is -0.571. The van der Waals surface area contributed by atoms with Gasteiger partial charge in [0.05, 0.1) is 29.5 Å². The summed E-state index contributed by atoms with van der Waals surface area (Å²) in [6, 6.07) is 3.10. The molecule has 38 heavy (non-hydrogen) atoms. The minimum Gasteiger partial charge on any atom is -0.450 e. The van der Waals surface area contributed by atoms with Gasteiger partial charge in [-0.25, -0.2) is 4.79 Å². The summed E-state index contributed by atoms with van der Waals surface area (Å²) in [6.07, 6.45) is 7.39. The Morgan fingerprint density at radius 3 is 2.79 bits per heavy atom. The number of hydrogen-bond donors (Lipinski definition) is 1. The van der Waals surface area contributed by atoms with Gasteiger partial charge in [-0.1, -0.05) is 18.5 Å². The number of aromatic nitrogens is 2. The summed E-state index contributed by atoms with van der Waals surface area (Å²) < 4.78 is 19.1. The molecule has 1 fully saturated rings. The largest absolute Gasteiger partial charge is 0.450 e. The van der Waals surface area contributed by atoms with Crippen molar-refractivity contribution < 1.29 is 23.5 Å². The number of rotatable bonds is 8. The molecule has 2 N–H and O–H groups in total. The maximum atomic E-state index is 13.8. The number of allylic oxidation sites excluding steroid dienone is 1. The summed E-state index contributed by atoms with van der Waals surface area (Å²) in [5, 5.41) is 5.00. The lowest BCUT2D eigenvalue weighted by atomic mass is 9.98. The number of ketones is 1. The molecule has 2 atom stereocenters. The second-order valence-electron chi connectivity index (χ2n) is 9.00. The van der Waals surface area contributed by atoms with Crippen molar-refractivity contribution in [2.24, 2.45) is 17.8 Å². The molecule has 202 valence electrons. The Morgan fingerprint density at radius 1 is 1.37 bits per heavy atom. The average Bonchev–Trinajstić information content (AvgIpc) is 3.50. The van der Waals surface area contributed by atoms with Crippen LogP contribution >= 0.6 is 11.6 Å². The number of ether oxygens (including phenoxy) is 2. The van der Waals surface area contributed by atoms with Crippen LogP contribution in [0.15, 0.2) is 40.1 Å². The molecule has 1 aliphatic heterocycles. The number of hydrogen-bond acceptors (Lipinski definition) is 8. The Balaban J connectivity index is 2.00. The predicted octanol–water partition coefficient (Wildman–Crippen LogP) is 4.97. The lowest BCUT2D eigenvalue weighted by Crippen LogP contribution is -2.46. The molecule has 0 spiro atoms. The van der Waals surface area contributed by atoms with E-state index in [1.165, 1.54) is 17.1 Å². The Bertz CT molecular complexity index is 1390. The topological polar surface area (TPSA) is 125 Å². The zero-order valence-corrected chi connectivity index (χ0v) is 22.7. The Labute approximate surface area is 226 Å². The van der Waals surface area contributed by atoms with Crippen molar-refractivity contribution in [3.05, 3.63) is 52.6 Å². The number of carbonyl (C=O) groups is 2. The summed E-state index contributed by atoms with van der Waals surface area (Å²) >= 11 is 6.61. The van der Waals surface area contributed by atoms with E-state index in [1.807, 2.05) is 6.92 Å². The zero-order chi connectivity index (χ0) is 27.4. The number of halogens is 1. The molecule has 2 unspecified atom stereocenters. The van der Waals surface area contributed by atoms with Crippen LogP contribution in [0.1, 0.15) is 54.8 Å². The number of anilines is 1. The molecule has 0 radical (unpaired) electrons. The number of benzene rings is 1. The highest BCUT2D eigenvalue weighted by molar-refractivity contribution is 6.35. The van der Waals surface area contributed by atoms with E-state index < -0.39 is 11.9 Å². The van der Waals surface area contributed by atoms with E-state index in [-0.39, 0.29) is 24.5 Å². The number of aryl methyl sites for hydroxylation is 1. The van der Waals surface area contributed by atoms with E-state index in [1.54, 1.807) is 50.5 Å². The minimum absolute atomic E-state index is 0.00348. The van der Waals surface area contributed by atoms with Gasteiger partial charge in [0, 0.05) is 67.9 Å². The first-order chi connectivity index (χ1) is 18.3. The van der Waals surface area contributed by atoms with Gasteiger partial charge in [0.2, 0.25) is 5.78 Å². The third-order valence-electron chi connectivity index (χ3n) is 6.55. The smallest absolute Gasteiger partial charge is 0.414 e. The van der Waals surface area contributed by atoms with Crippen LogP contribution in [0.3, 0.4) is 0 Å². The average molecular weight is 542 g/mol. The highest BCUT2D eigenvalue weighted by atomic mass is 35.5. The van der Waals surface area contributed by atoms with Crippen LogP contribution in [-0.4, -0.2) is 60.3 Å². The molecule has 4 rings (SSSR count). The lowest BCUT2D eigenvalue weighted by Gasteiger charge is -2.36. The lowest BCUT2D eigenvalue weighted by molar-refractivity contribution is 0.00468. The maximum absolute atomic E-state index is 13.8. The van der Waals surface area contributed by atoms with Crippen LogP contribution < -0.4 is 10.6 Å². The molecule has 1 aliphatic rings. The van der Waals surface area contributed by atoms with E-state index in [2.05, 4.69) is 10.1 Å². The number of nitrogens with two attached hydrogens (primary N) is 1. The Hall–Kier alpha value is -3.63. The normalized spacial score (nSPS) is 18.3. The van der Waals surface area contributed by atoms with Gasteiger partial charge < -0.3 is 19.6 Å². The summed E-state index contributed by atoms with van der Waals surface area (Å²) in [6.45, 7) is 4.42. The third-order valence-corrected chi connectivity index (χ3v) is 6.86. The maximum Gasteiger partial charge on any atom is 0.414 e. The van der Waals surface area contributed by atoms with Crippen LogP contribution in [0, 0.1) is 0 Å². The monoisotopic (exact) mass is 541 g/mol. The summed E-state index contributed by atoms with van der Waals surface area (Å²) in [7, 11) is 3.35. The molecule has 10 nitrogen and oxygen atoms in total. The van der Waals surface area contributed by atoms with E-state index in [0.29, 0.717) is 57.8 Å². The van der Waals surface area contributed by atoms with Gasteiger partial charge in [0.1, 0.15) is 11.3 Å². The Morgan fingerprint density at radius 2 is 2.16 bits per heavy atom. The van der Waals surface area contributed by atoms with E-state index >= 15 is 0 Å². The first-order valence-corrected chi connectivity index (χ1v) is 12.9. The molecule has 2 aromatic heterocycles. The second kappa shape index (κ2) is 11.8. The quantitative estimate of drug-likeness (QED) is 0.315. The van der Waals surface area contributed by atoms with E-state index in [0.717, 1.165) is 6.42 Å². The fourth-order valence-corrected chi connectivity index (χ4v) is 4.99. The number of aliphatic imine (C=N–C) groups is 1. The Kier molecular flexibility index (Phi) is 8.53. The summed E-state index contributed by atoms with van der Waals surface area (Å²) in [5.74, 6) is -0.420. The molecular formula is C27H32ClN5O5. The van der Waals surface area contributed by atoms with Crippen molar-refractivity contribution in [2.75, 3.05) is 25.2 Å². The van der Waals surface area contributed by atoms with Crippen molar-refractivity contribution >= 4 is 51.9 Å². The van der Waals surface area contributed by atoms with Crippen LogP contribution in [0.4, 0.5) is 10.5 Å². The number of fused-ring (bicyclic) bond motifs is 1. The summed E-state index contributed by atoms with van der Waals surface area (Å²) in [5.41, 5.74) is 8.01. The van der Waals surface area contributed by atoms with Gasteiger partial charge in [0.15, 0.2) is 5.76 Å². The number of nitrogens with zero attached hydrogens (tertiary/aromatic N) is 4. The van der Waals surface area contributed by atoms with Gasteiger partial charge >= 0.3 is 6.09 Å². The van der Waals surface area contributed by atoms with Crippen molar-refractivity contribution in [3.8, 4) is 0 Å². The van der Waals surface area contributed by atoms with Crippen molar-refractivity contribution in [3.63, 3.8) is 0 Å². The molecule has 0 bridgehead atoms. The van der Waals surface area contributed by atoms with E-state index in [9.17, 15) is 9.59 Å². The molecule has 1 amide bonds. The molecule has 11 heteroatoms. The second-order valence-corrected chi connectivity index (χ2v) is 9.40. The van der Waals surface area contributed by atoms with Crippen LogP contribution in [0.2, 0.25) is 5.02 Å². The van der Waals surface area contributed by atoms with Crippen LogP contribution in [-0.2, 0) is 16.5 Å². The predicted molar refractivity (Wildman–Crippen MR) is 147 cm³/mol. The molecule has 3 heterocycles. The zero-order valence-electron chi connectivity index (χ0n) is 21.9. The van der Waals surface area contributed by atoms with Gasteiger partial charge in [-0.3, -0.25) is 19.4 Å². The molecule has 1 saturated heterocycles. The number of furan rings is 1. The van der Waals surface area contributed by atoms with Crippen molar-refractivity contribution in [1.82, 2.24) is 9.78 Å². The fourth-order valence-electron chi connectivity index (χ4n) is 4.73. The highest BCUT2D eigenvalue weighted by Crippen LogP contribution is 2.42. The first-order valence-electron chi connectivity index (χ1n) is 12.5. The molecule has 0 saturated carbocycles. The first kappa shape index (κ1) is 27.4. The molecule has 1 aromatic carbocycles. The van der Waals surface area contributed by atoms with E-state index in [4.69, 9.17) is 31.2 Å². The SMILES string of the molecule is CCOC(=O)N(c1c(C(=O)c2cnn(C)c2)oc2cc(Cl)c(/C(C=NC)=C/N)cc12)C1CCOC(CC)C1. The molecule has 0 aliphatic carbocycles. The van der Waals surface area contributed by atoms with Gasteiger partial charge in [-0.05, 0) is 32.3 Å². The third kappa shape index (κ3) is 5.32. The fraction of sp³-hybridized carbons (Fsp3) is 0.407. The number of carbonyl (C=O) groups excluding carboxylic acids is 2. The molecular weight excluding hydrogens is 510 g/mol. The molecule has 3 aromatic rings. The standard InChI is InChI=1S/C27H32ClN5O5/c1-5-19-9-18(7-8-37-19)33(27(35)36-6-2)24-21-10-20(16(12-29)13-30-3)22(28)11-23(21)38-26(24)25(34)17-14-31-32(4)15-17/h10-15,18-19H,5-9,29H2,1-4H3/b16-12+,30-13?. The number of amides is 1. The van der Waals surface area contributed by atoms with Crippen LogP contribution in [0.25, 0.3) is 16.5 Å². The van der Waals surface area contributed by atoms with Gasteiger partial charge in [-0.15, -0.1) is 0 Å². The summed E-state index contributed by atoms with van der Waals surface area (Å²) in [4.78, 5) is 32.9. The highest BCUT2D eigenvalue weighted by Gasteiger charge is 2.38.